The van der Waals surface area contributed by atoms with E-state index >= 15 is 0 Å². The van der Waals surface area contributed by atoms with Crippen LogP contribution in [0.2, 0.25) is 0 Å². The van der Waals surface area contributed by atoms with E-state index in [0.717, 1.165) is 12.6 Å². The predicted molar refractivity (Wildman–Crippen MR) is 70.5 cm³/mol. The van der Waals surface area contributed by atoms with Gasteiger partial charge >= 0.3 is 6.18 Å². The Kier molecular flexibility index (Phi) is 4.25. The molecule has 6 heteroatoms. The first-order chi connectivity index (χ1) is 9.36. The van der Waals surface area contributed by atoms with Crippen LogP contribution in [0.5, 0.6) is 5.75 Å². The minimum Gasteiger partial charge on any atom is -0.497 e. The number of hydrogen-bond acceptors (Lipinski definition) is 3. The lowest BCUT2D eigenvalue weighted by molar-refractivity contribution is -0.138. The van der Waals surface area contributed by atoms with Gasteiger partial charge in [0, 0.05) is 12.6 Å². The molecule has 20 heavy (non-hydrogen) atoms. The Balaban J connectivity index is 2.41. The molecule has 0 amide bonds. The Labute approximate surface area is 116 Å². The molecule has 2 N–H and O–H groups in total. The van der Waals surface area contributed by atoms with Crippen LogP contribution in [0.15, 0.2) is 18.2 Å². The molecule has 1 fully saturated rings. The van der Waals surface area contributed by atoms with Crippen LogP contribution in [-0.4, -0.2) is 32.1 Å². The molecule has 1 aromatic carbocycles. The first kappa shape index (κ1) is 15.1. The van der Waals surface area contributed by atoms with Gasteiger partial charge < -0.3 is 10.5 Å². The number of nitrogens with two attached hydrogens (primary N) is 1. The molecule has 0 bridgehead atoms. The van der Waals surface area contributed by atoms with Crippen LogP contribution >= 0.6 is 0 Å². The molecule has 1 aliphatic rings. The summed E-state index contributed by atoms with van der Waals surface area (Å²) in [7, 11) is 3.20. The van der Waals surface area contributed by atoms with Crippen molar-refractivity contribution in [3.63, 3.8) is 0 Å². The summed E-state index contributed by atoms with van der Waals surface area (Å²) in [5, 5.41) is 0. The summed E-state index contributed by atoms with van der Waals surface area (Å²) in [5.74, 6) is 0.463. The Hall–Kier alpha value is -1.27. The first-order valence-corrected chi connectivity index (χ1v) is 6.52. The van der Waals surface area contributed by atoms with Gasteiger partial charge in [-0.05, 0) is 43.6 Å². The van der Waals surface area contributed by atoms with Crippen molar-refractivity contribution in [1.29, 1.82) is 0 Å². The third-order valence-electron chi connectivity index (χ3n) is 3.89. The topological polar surface area (TPSA) is 38.5 Å². The van der Waals surface area contributed by atoms with Crippen LogP contribution in [0.3, 0.4) is 0 Å². The van der Waals surface area contributed by atoms with Gasteiger partial charge in [0.05, 0.1) is 12.7 Å². The van der Waals surface area contributed by atoms with Gasteiger partial charge in [-0.1, -0.05) is 6.07 Å². The normalized spacial score (nSPS) is 24.1. The highest BCUT2D eigenvalue weighted by Gasteiger charge is 2.39. The van der Waals surface area contributed by atoms with Gasteiger partial charge in [0.15, 0.2) is 0 Å². The van der Waals surface area contributed by atoms with E-state index in [1.807, 2.05) is 11.9 Å². The fraction of sp³-hybridized carbons (Fsp3) is 0.571. The zero-order chi connectivity index (χ0) is 14.9. The lowest BCUT2D eigenvalue weighted by Gasteiger charge is -2.24. The molecule has 1 aliphatic heterocycles. The summed E-state index contributed by atoms with van der Waals surface area (Å²) in [4.78, 5) is 1.94. The molecule has 0 aromatic heterocycles. The summed E-state index contributed by atoms with van der Waals surface area (Å²) in [5.41, 5.74) is 5.32. The van der Waals surface area contributed by atoms with E-state index in [9.17, 15) is 13.2 Å². The van der Waals surface area contributed by atoms with Crippen molar-refractivity contribution >= 4 is 0 Å². The summed E-state index contributed by atoms with van der Waals surface area (Å²) in [6, 6.07) is 3.92. The van der Waals surface area contributed by atoms with Crippen molar-refractivity contribution < 1.29 is 17.9 Å². The Bertz CT molecular complexity index is 476. The smallest absolute Gasteiger partial charge is 0.416 e. The molecule has 1 aromatic rings. The maximum atomic E-state index is 13.2. The van der Waals surface area contributed by atoms with Crippen LogP contribution in [0, 0.1) is 5.92 Å². The average molecular weight is 288 g/mol. The number of rotatable bonds is 3. The molecule has 2 rings (SSSR count). The Morgan fingerprint density at radius 2 is 2.10 bits per heavy atom. The molecule has 0 saturated carbocycles. The van der Waals surface area contributed by atoms with Gasteiger partial charge in [0.2, 0.25) is 0 Å². The quantitative estimate of drug-likeness (QED) is 0.929. The Morgan fingerprint density at radius 3 is 2.60 bits per heavy atom. The predicted octanol–water partition coefficient (Wildman–Crippen LogP) is 2.67. The fourth-order valence-corrected chi connectivity index (χ4v) is 2.84. The molecule has 1 heterocycles. The zero-order valence-electron chi connectivity index (χ0n) is 11.6. The lowest BCUT2D eigenvalue weighted by Crippen LogP contribution is -2.22. The van der Waals surface area contributed by atoms with Crippen LogP contribution in [0.4, 0.5) is 13.2 Å². The minimum absolute atomic E-state index is 0.220. The summed E-state index contributed by atoms with van der Waals surface area (Å²) in [6.07, 6.45) is -3.73. The lowest BCUT2D eigenvalue weighted by atomic mass is 9.95. The average Bonchev–Trinajstić information content (AvgIpc) is 2.78. The van der Waals surface area contributed by atoms with Gasteiger partial charge in [-0.15, -0.1) is 0 Å². The molecule has 0 aliphatic carbocycles. The van der Waals surface area contributed by atoms with E-state index < -0.39 is 11.7 Å². The standard InChI is InChI=1S/C14H19F3N2O/c1-19-8-9(7-18)5-13(19)11-4-3-10(20-2)6-12(11)14(15,16)17/h3-4,6,9,13H,5,7-8,18H2,1-2H3. The molecule has 2 atom stereocenters. The summed E-state index contributed by atoms with van der Waals surface area (Å²) < 4.78 is 44.6. The van der Waals surface area contributed by atoms with Crippen molar-refractivity contribution in [3.8, 4) is 5.75 Å². The van der Waals surface area contributed by atoms with Crippen LogP contribution in [0.1, 0.15) is 23.6 Å². The number of likely N-dealkylation sites (tertiary alicyclic amines) is 1. The number of benzene rings is 1. The molecule has 1 saturated heterocycles. The van der Waals surface area contributed by atoms with Gasteiger partial charge in [-0.2, -0.15) is 13.2 Å². The molecule has 0 radical (unpaired) electrons. The van der Waals surface area contributed by atoms with Crippen molar-refractivity contribution in [2.24, 2.45) is 11.7 Å². The number of ether oxygens (including phenoxy) is 1. The highest BCUT2D eigenvalue weighted by Crippen LogP contribution is 2.42. The highest BCUT2D eigenvalue weighted by molar-refractivity contribution is 5.39. The number of hydrogen-bond donors (Lipinski definition) is 1. The van der Waals surface area contributed by atoms with E-state index in [0.29, 0.717) is 18.5 Å². The van der Waals surface area contributed by atoms with Gasteiger partial charge in [-0.3, -0.25) is 4.90 Å². The largest absolute Gasteiger partial charge is 0.497 e. The summed E-state index contributed by atoms with van der Waals surface area (Å²) in [6.45, 7) is 1.23. The van der Waals surface area contributed by atoms with E-state index in [1.165, 1.54) is 13.2 Å². The van der Waals surface area contributed by atoms with Crippen LogP contribution < -0.4 is 10.5 Å². The summed E-state index contributed by atoms with van der Waals surface area (Å²) >= 11 is 0. The van der Waals surface area contributed by atoms with Crippen molar-refractivity contribution in [2.45, 2.75) is 18.6 Å². The molecule has 0 spiro atoms. The van der Waals surface area contributed by atoms with E-state index in [1.54, 1.807) is 6.07 Å². The molecule has 112 valence electrons. The highest BCUT2D eigenvalue weighted by atomic mass is 19.4. The maximum absolute atomic E-state index is 13.2. The van der Waals surface area contributed by atoms with Crippen LogP contribution in [-0.2, 0) is 6.18 Å². The fourth-order valence-electron chi connectivity index (χ4n) is 2.84. The second-order valence-corrected chi connectivity index (χ2v) is 5.24. The van der Waals surface area contributed by atoms with E-state index in [2.05, 4.69) is 0 Å². The maximum Gasteiger partial charge on any atom is 0.416 e. The number of alkyl halides is 3. The van der Waals surface area contributed by atoms with Crippen LogP contribution in [0.25, 0.3) is 0 Å². The number of nitrogens with zero attached hydrogens (tertiary/aromatic N) is 1. The second-order valence-electron chi connectivity index (χ2n) is 5.24. The molecular weight excluding hydrogens is 269 g/mol. The SMILES string of the molecule is COc1ccc(C2CC(CN)CN2C)c(C(F)(F)F)c1. The van der Waals surface area contributed by atoms with Gasteiger partial charge in [0.25, 0.3) is 0 Å². The number of methoxy groups -OCH3 is 1. The Morgan fingerprint density at radius 1 is 1.40 bits per heavy atom. The molecular formula is C14H19F3N2O. The first-order valence-electron chi connectivity index (χ1n) is 6.52. The van der Waals surface area contributed by atoms with E-state index in [4.69, 9.17) is 10.5 Å². The number of halogens is 3. The molecule has 2 unspecified atom stereocenters. The third-order valence-corrected chi connectivity index (χ3v) is 3.89. The van der Waals surface area contributed by atoms with Gasteiger partial charge in [0.1, 0.15) is 5.75 Å². The van der Waals surface area contributed by atoms with Gasteiger partial charge in [-0.25, -0.2) is 0 Å². The third kappa shape index (κ3) is 2.91. The van der Waals surface area contributed by atoms with E-state index in [-0.39, 0.29) is 17.7 Å². The second kappa shape index (κ2) is 5.61. The van der Waals surface area contributed by atoms with Crippen molar-refractivity contribution in [1.82, 2.24) is 4.90 Å². The molecule has 3 nitrogen and oxygen atoms in total. The van der Waals surface area contributed by atoms with Crippen molar-refractivity contribution in [3.05, 3.63) is 29.3 Å². The zero-order valence-corrected chi connectivity index (χ0v) is 11.6. The van der Waals surface area contributed by atoms with Crippen molar-refractivity contribution in [2.75, 3.05) is 27.2 Å². The monoisotopic (exact) mass is 288 g/mol. The minimum atomic E-state index is -4.38.